The highest BCUT2D eigenvalue weighted by atomic mass is 19.1. The number of benzene rings is 1. The lowest BCUT2D eigenvalue weighted by Crippen LogP contribution is -2.19. The Hall–Kier alpha value is -1.61. The van der Waals surface area contributed by atoms with E-state index in [9.17, 15) is 4.39 Å². The number of halogens is 1. The first-order chi connectivity index (χ1) is 8.22. The number of furan rings is 1. The molecule has 0 fully saturated rings. The predicted molar refractivity (Wildman–Crippen MR) is 65.3 cm³/mol. The molecule has 90 valence electrons. The molecule has 1 atom stereocenters. The Kier molecular flexibility index (Phi) is 3.59. The molecule has 0 amide bonds. The monoisotopic (exact) mass is 233 g/mol. The van der Waals surface area contributed by atoms with Gasteiger partial charge in [-0.15, -0.1) is 0 Å². The van der Waals surface area contributed by atoms with Crippen molar-refractivity contribution < 1.29 is 8.81 Å². The lowest BCUT2D eigenvalue weighted by atomic mass is 9.99. The average Bonchev–Trinajstić information content (AvgIpc) is 2.75. The van der Waals surface area contributed by atoms with Crippen LogP contribution < -0.4 is 5.32 Å². The van der Waals surface area contributed by atoms with Gasteiger partial charge in [-0.2, -0.15) is 0 Å². The molecule has 17 heavy (non-hydrogen) atoms. The van der Waals surface area contributed by atoms with Crippen LogP contribution in [-0.4, -0.2) is 7.05 Å². The minimum absolute atomic E-state index is 0.0747. The van der Waals surface area contributed by atoms with E-state index in [0.29, 0.717) is 12.0 Å². The zero-order valence-electron chi connectivity index (χ0n) is 10.0. The molecule has 0 aliphatic heterocycles. The van der Waals surface area contributed by atoms with Gasteiger partial charge < -0.3 is 9.73 Å². The summed E-state index contributed by atoms with van der Waals surface area (Å²) in [6, 6.07) is 8.87. The highest BCUT2D eigenvalue weighted by Crippen LogP contribution is 2.23. The minimum atomic E-state index is -0.158. The van der Waals surface area contributed by atoms with Gasteiger partial charge in [0.05, 0.1) is 6.26 Å². The second-order valence-electron chi connectivity index (χ2n) is 4.07. The highest BCUT2D eigenvalue weighted by molar-refractivity contribution is 5.25. The third kappa shape index (κ3) is 2.56. The van der Waals surface area contributed by atoms with Gasteiger partial charge in [-0.3, -0.25) is 0 Å². The van der Waals surface area contributed by atoms with Crippen LogP contribution in [0.4, 0.5) is 4.39 Å². The zero-order valence-corrected chi connectivity index (χ0v) is 10.0. The smallest absolute Gasteiger partial charge is 0.126 e. The lowest BCUT2D eigenvalue weighted by molar-refractivity contribution is 0.507. The van der Waals surface area contributed by atoms with Gasteiger partial charge in [-0.05, 0) is 38.1 Å². The van der Waals surface area contributed by atoms with E-state index < -0.39 is 0 Å². The molecule has 2 rings (SSSR count). The summed E-state index contributed by atoms with van der Waals surface area (Å²) in [5.41, 5.74) is 1.79. The van der Waals surface area contributed by atoms with Crippen molar-refractivity contribution in [3.63, 3.8) is 0 Å². The van der Waals surface area contributed by atoms with Crippen molar-refractivity contribution in [2.45, 2.75) is 19.4 Å². The number of likely N-dealkylation sites (N-methyl/N-ethyl adjacent to an activating group) is 1. The van der Waals surface area contributed by atoms with Crippen LogP contribution in [0.15, 0.2) is 41.0 Å². The van der Waals surface area contributed by atoms with E-state index >= 15 is 0 Å². The molecule has 3 heteroatoms. The Labute approximate surface area is 100 Å². The molecule has 1 N–H and O–H groups in total. The van der Waals surface area contributed by atoms with E-state index in [2.05, 4.69) is 5.32 Å². The average molecular weight is 233 g/mol. The molecule has 1 heterocycles. The zero-order chi connectivity index (χ0) is 12.3. The molecule has 0 aliphatic rings. The van der Waals surface area contributed by atoms with Gasteiger partial charge in [0.25, 0.3) is 0 Å². The Morgan fingerprint density at radius 2 is 2.06 bits per heavy atom. The Bertz CT molecular complexity index is 492. The topological polar surface area (TPSA) is 25.2 Å². The first-order valence-electron chi connectivity index (χ1n) is 5.67. The fraction of sp³-hybridized carbons (Fsp3) is 0.286. The summed E-state index contributed by atoms with van der Waals surface area (Å²) in [6.45, 7) is 1.92. The SMILES string of the molecule is CNC(Cc1ccccc1F)c1ccoc1C. The van der Waals surface area contributed by atoms with Gasteiger partial charge in [0.1, 0.15) is 11.6 Å². The normalized spacial score (nSPS) is 12.6. The van der Waals surface area contributed by atoms with Crippen LogP contribution in [0, 0.1) is 12.7 Å². The number of aryl methyl sites for hydroxylation is 1. The molecule has 0 saturated heterocycles. The van der Waals surface area contributed by atoms with E-state index in [-0.39, 0.29) is 11.9 Å². The molecular formula is C14H16FNO. The van der Waals surface area contributed by atoms with Crippen LogP contribution in [0.3, 0.4) is 0 Å². The number of rotatable bonds is 4. The maximum Gasteiger partial charge on any atom is 0.126 e. The Morgan fingerprint density at radius 3 is 2.65 bits per heavy atom. The summed E-state index contributed by atoms with van der Waals surface area (Å²) in [5.74, 6) is 0.717. The number of hydrogen-bond donors (Lipinski definition) is 1. The summed E-state index contributed by atoms with van der Waals surface area (Å²) >= 11 is 0. The number of nitrogens with one attached hydrogen (secondary N) is 1. The van der Waals surface area contributed by atoms with Gasteiger partial charge in [-0.25, -0.2) is 4.39 Å². The Balaban J connectivity index is 2.22. The van der Waals surface area contributed by atoms with Crippen LogP contribution in [-0.2, 0) is 6.42 Å². The van der Waals surface area contributed by atoms with Crippen molar-refractivity contribution in [2.75, 3.05) is 7.05 Å². The van der Waals surface area contributed by atoms with Gasteiger partial charge in [0.15, 0.2) is 0 Å². The fourth-order valence-corrected chi connectivity index (χ4v) is 2.01. The first-order valence-corrected chi connectivity index (χ1v) is 5.67. The summed E-state index contributed by atoms with van der Waals surface area (Å²) in [6.07, 6.45) is 2.28. The molecule has 1 aromatic carbocycles. The van der Waals surface area contributed by atoms with Gasteiger partial charge in [0.2, 0.25) is 0 Å². The summed E-state index contributed by atoms with van der Waals surface area (Å²) in [4.78, 5) is 0. The molecule has 0 aliphatic carbocycles. The van der Waals surface area contributed by atoms with E-state index in [4.69, 9.17) is 4.42 Å². The van der Waals surface area contributed by atoms with Crippen LogP contribution in [0.25, 0.3) is 0 Å². The van der Waals surface area contributed by atoms with Crippen molar-refractivity contribution in [1.29, 1.82) is 0 Å². The van der Waals surface area contributed by atoms with Gasteiger partial charge >= 0.3 is 0 Å². The highest BCUT2D eigenvalue weighted by Gasteiger charge is 2.16. The molecule has 0 radical (unpaired) electrons. The standard InChI is InChI=1S/C14H16FNO/c1-10-12(7-8-17-10)14(16-2)9-11-5-3-4-6-13(11)15/h3-8,14,16H,9H2,1-2H3. The summed E-state index contributed by atoms with van der Waals surface area (Å²) in [5, 5.41) is 3.19. The number of hydrogen-bond acceptors (Lipinski definition) is 2. The molecule has 1 unspecified atom stereocenters. The predicted octanol–water partition coefficient (Wildman–Crippen LogP) is 3.23. The molecule has 0 spiro atoms. The van der Waals surface area contributed by atoms with E-state index in [0.717, 1.165) is 11.3 Å². The van der Waals surface area contributed by atoms with Crippen molar-refractivity contribution >= 4 is 0 Å². The van der Waals surface area contributed by atoms with Crippen molar-refractivity contribution in [2.24, 2.45) is 0 Å². The van der Waals surface area contributed by atoms with Gasteiger partial charge in [-0.1, -0.05) is 18.2 Å². The largest absolute Gasteiger partial charge is 0.469 e. The van der Waals surface area contributed by atoms with Crippen molar-refractivity contribution in [1.82, 2.24) is 5.32 Å². The van der Waals surface area contributed by atoms with E-state index in [1.54, 1.807) is 12.3 Å². The molecule has 0 saturated carbocycles. The molecule has 1 aromatic heterocycles. The van der Waals surface area contributed by atoms with Crippen LogP contribution in [0.2, 0.25) is 0 Å². The minimum Gasteiger partial charge on any atom is -0.469 e. The maximum atomic E-state index is 13.6. The lowest BCUT2D eigenvalue weighted by Gasteiger charge is -2.16. The summed E-state index contributed by atoms with van der Waals surface area (Å²) in [7, 11) is 1.87. The van der Waals surface area contributed by atoms with Crippen molar-refractivity contribution in [3.8, 4) is 0 Å². The second-order valence-corrected chi connectivity index (χ2v) is 4.07. The van der Waals surface area contributed by atoms with Crippen molar-refractivity contribution in [3.05, 3.63) is 59.3 Å². The second kappa shape index (κ2) is 5.15. The van der Waals surface area contributed by atoms with Gasteiger partial charge in [0, 0.05) is 11.6 Å². The third-order valence-electron chi connectivity index (χ3n) is 3.00. The summed E-state index contributed by atoms with van der Waals surface area (Å²) < 4.78 is 18.9. The van der Waals surface area contributed by atoms with E-state index in [1.807, 2.05) is 32.2 Å². The third-order valence-corrected chi connectivity index (χ3v) is 3.00. The van der Waals surface area contributed by atoms with Crippen LogP contribution in [0.5, 0.6) is 0 Å². The van der Waals surface area contributed by atoms with Crippen LogP contribution in [0.1, 0.15) is 22.9 Å². The molecular weight excluding hydrogens is 217 g/mol. The molecule has 0 bridgehead atoms. The maximum absolute atomic E-state index is 13.6. The van der Waals surface area contributed by atoms with Crippen LogP contribution >= 0.6 is 0 Å². The van der Waals surface area contributed by atoms with E-state index in [1.165, 1.54) is 6.07 Å². The Morgan fingerprint density at radius 1 is 1.29 bits per heavy atom. The quantitative estimate of drug-likeness (QED) is 0.877. The molecule has 2 nitrogen and oxygen atoms in total. The first kappa shape index (κ1) is 11.9. The molecule has 2 aromatic rings. The fourth-order valence-electron chi connectivity index (χ4n) is 2.01.